The Morgan fingerprint density at radius 2 is 2.21 bits per heavy atom. The summed E-state index contributed by atoms with van der Waals surface area (Å²) in [4.78, 5) is 8.22. The largest absolute Gasteiger partial charge is 0.380 e. The van der Waals surface area contributed by atoms with Gasteiger partial charge in [-0.1, -0.05) is 5.21 Å². The van der Waals surface area contributed by atoms with Crippen LogP contribution in [0.1, 0.15) is 32.3 Å². The molecular weight excluding hydrogens is 350 g/mol. The zero-order chi connectivity index (χ0) is 19.3. The fourth-order valence-corrected chi connectivity index (χ4v) is 3.59. The molecule has 0 spiro atoms. The molecule has 7 nitrogen and oxygen atoms in total. The third kappa shape index (κ3) is 2.87. The zero-order valence-corrected chi connectivity index (χ0v) is 15.9. The minimum absolute atomic E-state index is 0.236. The van der Waals surface area contributed by atoms with Crippen molar-refractivity contribution in [1.29, 1.82) is 5.26 Å². The maximum Gasteiger partial charge on any atom is 0.116 e. The number of nitrogens with one attached hydrogen (secondary N) is 2. The molecule has 1 aromatic heterocycles. The number of hydrogen-bond acceptors (Lipinski definition) is 5. The highest BCUT2D eigenvalue weighted by Gasteiger charge is 2.24. The highest BCUT2D eigenvalue weighted by Crippen LogP contribution is 2.40. The Balaban J connectivity index is 1.67. The minimum Gasteiger partial charge on any atom is -0.380 e. The zero-order valence-electron chi connectivity index (χ0n) is 15.9. The second-order valence-corrected chi connectivity index (χ2v) is 7.82. The number of fused-ring (bicyclic) bond motifs is 3. The van der Waals surface area contributed by atoms with E-state index in [1.807, 2.05) is 35.3 Å². The van der Waals surface area contributed by atoms with E-state index in [1.165, 1.54) is 12.8 Å². The lowest BCUT2D eigenvalue weighted by Gasteiger charge is -2.17. The van der Waals surface area contributed by atoms with Crippen LogP contribution in [0.25, 0.3) is 33.5 Å². The summed E-state index contributed by atoms with van der Waals surface area (Å²) in [5.41, 5.74) is 5.95. The highest BCUT2D eigenvalue weighted by molar-refractivity contribution is 6.02. The van der Waals surface area contributed by atoms with E-state index in [0.29, 0.717) is 5.56 Å². The van der Waals surface area contributed by atoms with Gasteiger partial charge in [-0.15, -0.1) is 5.10 Å². The lowest BCUT2D eigenvalue weighted by molar-refractivity contribution is 0.544. The number of anilines is 1. The van der Waals surface area contributed by atoms with Gasteiger partial charge in [0.15, 0.2) is 0 Å². The van der Waals surface area contributed by atoms with Crippen LogP contribution in [0.5, 0.6) is 0 Å². The normalized spacial score (nSPS) is 14.1. The predicted octanol–water partition coefficient (Wildman–Crippen LogP) is 4.03. The summed E-state index contributed by atoms with van der Waals surface area (Å²) in [5, 5.41) is 22.5. The van der Waals surface area contributed by atoms with Crippen molar-refractivity contribution in [2.75, 3.05) is 5.32 Å². The molecule has 7 heteroatoms. The number of nitriles is 1. The van der Waals surface area contributed by atoms with E-state index in [4.69, 9.17) is 4.98 Å². The van der Waals surface area contributed by atoms with Gasteiger partial charge in [-0.05, 0) is 50.8 Å². The molecule has 0 radical (unpaired) electrons. The second-order valence-electron chi connectivity index (χ2n) is 7.82. The Hall–Kier alpha value is -3.40. The molecule has 140 valence electrons. The highest BCUT2D eigenvalue weighted by atomic mass is 15.4. The molecule has 1 saturated carbocycles. The molecule has 2 aliphatic heterocycles. The van der Waals surface area contributed by atoms with Gasteiger partial charge in [0.1, 0.15) is 11.4 Å². The van der Waals surface area contributed by atoms with Crippen LogP contribution in [0.2, 0.25) is 0 Å². The Morgan fingerprint density at radius 1 is 1.36 bits per heavy atom. The van der Waals surface area contributed by atoms with Crippen molar-refractivity contribution >= 4 is 16.6 Å². The fourth-order valence-electron chi connectivity index (χ4n) is 3.59. The molecule has 2 aromatic rings. The van der Waals surface area contributed by atoms with Gasteiger partial charge >= 0.3 is 0 Å². The molecule has 1 aromatic carbocycles. The number of pyridine rings is 1. The molecule has 5 rings (SSSR count). The van der Waals surface area contributed by atoms with Crippen LogP contribution < -0.4 is 5.32 Å². The van der Waals surface area contributed by atoms with E-state index in [1.54, 1.807) is 0 Å². The molecule has 28 heavy (non-hydrogen) atoms. The number of aromatic nitrogens is 5. The van der Waals surface area contributed by atoms with Crippen molar-refractivity contribution in [3.05, 3.63) is 36.2 Å². The quantitative estimate of drug-likeness (QED) is 0.552. The van der Waals surface area contributed by atoms with Crippen molar-refractivity contribution in [2.24, 2.45) is 5.92 Å². The van der Waals surface area contributed by atoms with Crippen molar-refractivity contribution < 1.29 is 0 Å². The lowest BCUT2D eigenvalue weighted by atomic mass is 10.1. The maximum atomic E-state index is 9.19. The van der Waals surface area contributed by atoms with Crippen LogP contribution in [-0.4, -0.2) is 31.0 Å². The second kappa shape index (κ2) is 6.34. The van der Waals surface area contributed by atoms with Gasteiger partial charge in [-0.2, -0.15) is 5.26 Å². The van der Waals surface area contributed by atoms with Crippen molar-refractivity contribution in [3.63, 3.8) is 0 Å². The van der Waals surface area contributed by atoms with Gasteiger partial charge < -0.3 is 10.3 Å². The van der Waals surface area contributed by atoms with E-state index < -0.39 is 0 Å². The first-order valence-electron chi connectivity index (χ1n) is 9.64. The Bertz CT molecular complexity index is 1170. The van der Waals surface area contributed by atoms with E-state index in [2.05, 4.69) is 40.5 Å². The summed E-state index contributed by atoms with van der Waals surface area (Å²) in [6.07, 6.45) is 6.54. The molecule has 2 N–H and O–H groups in total. The van der Waals surface area contributed by atoms with Gasteiger partial charge in [-0.3, -0.25) is 4.68 Å². The molecular formula is C21H21N7. The fraction of sp³-hybridized carbons (Fsp3) is 0.333. The Morgan fingerprint density at radius 3 is 2.96 bits per heavy atom. The number of H-pyrrole nitrogens is 1. The molecule has 0 atom stereocenters. The van der Waals surface area contributed by atoms with Gasteiger partial charge in [0.05, 0.1) is 34.7 Å². The van der Waals surface area contributed by atoms with E-state index in [9.17, 15) is 5.26 Å². The van der Waals surface area contributed by atoms with Crippen LogP contribution in [0.15, 0.2) is 30.6 Å². The molecule has 1 fully saturated rings. The molecule has 0 amide bonds. The number of aromatic amines is 1. The number of hydrogen-bond donors (Lipinski definition) is 2. The summed E-state index contributed by atoms with van der Waals surface area (Å²) < 4.78 is 1.93. The molecule has 3 aliphatic rings. The number of nitrogens with zero attached hydrogens (tertiary/aromatic N) is 5. The first kappa shape index (κ1) is 16.8. The average molecular weight is 371 g/mol. The van der Waals surface area contributed by atoms with E-state index in [0.717, 1.165) is 51.7 Å². The van der Waals surface area contributed by atoms with Gasteiger partial charge in [-0.25, -0.2) is 4.98 Å². The predicted molar refractivity (Wildman–Crippen MR) is 108 cm³/mol. The number of benzene rings is 1. The monoisotopic (exact) mass is 371 g/mol. The minimum atomic E-state index is 0.236. The third-order valence-electron chi connectivity index (χ3n) is 5.12. The average Bonchev–Trinajstić information content (AvgIpc) is 3.24. The van der Waals surface area contributed by atoms with Gasteiger partial charge in [0, 0.05) is 29.7 Å². The van der Waals surface area contributed by atoms with E-state index >= 15 is 0 Å². The maximum absolute atomic E-state index is 9.19. The first-order chi connectivity index (χ1) is 13.6. The Kier molecular flexibility index (Phi) is 3.79. The van der Waals surface area contributed by atoms with E-state index in [-0.39, 0.29) is 6.04 Å². The van der Waals surface area contributed by atoms with Crippen molar-refractivity contribution in [2.45, 2.75) is 39.3 Å². The Labute approximate surface area is 162 Å². The summed E-state index contributed by atoms with van der Waals surface area (Å²) in [6, 6.07) is 8.02. The van der Waals surface area contributed by atoms with Crippen molar-refractivity contribution in [1.82, 2.24) is 25.0 Å². The van der Waals surface area contributed by atoms with Crippen molar-refractivity contribution in [3.8, 4) is 28.7 Å². The molecule has 0 bridgehead atoms. The third-order valence-corrected chi connectivity index (χ3v) is 5.12. The smallest absolute Gasteiger partial charge is 0.116 e. The standard InChI is InChI=1S/C21H21N7/c1-12(2)24-20-16(18-11-28(27-26-18)10-13-3-4-13)9-23-19-15-6-5-14(8-22)7-17(15)25-21(19)20/h5-7,9,11-13,23-24H,3-4,10H2,1-2H3. The van der Waals surface area contributed by atoms with Gasteiger partial charge in [0.25, 0.3) is 0 Å². The van der Waals surface area contributed by atoms with Crippen LogP contribution in [-0.2, 0) is 6.54 Å². The summed E-state index contributed by atoms with van der Waals surface area (Å²) in [5.74, 6) is 0.744. The summed E-state index contributed by atoms with van der Waals surface area (Å²) in [7, 11) is 0. The molecule has 1 aliphatic carbocycles. The van der Waals surface area contributed by atoms with Crippen LogP contribution in [0.3, 0.4) is 0 Å². The lowest BCUT2D eigenvalue weighted by Crippen LogP contribution is -2.12. The summed E-state index contributed by atoms with van der Waals surface area (Å²) in [6.45, 7) is 5.14. The number of rotatable bonds is 5. The summed E-state index contributed by atoms with van der Waals surface area (Å²) >= 11 is 0. The molecule has 3 heterocycles. The van der Waals surface area contributed by atoms with Crippen LogP contribution in [0, 0.1) is 17.2 Å². The van der Waals surface area contributed by atoms with Crippen LogP contribution in [0.4, 0.5) is 5.69 Å². The van der Waals surface area contributed by atoms with Gasteiger partial charge in [0.2, 0.25) is 0 Å². The molecule has 0 unspecified atom stereocenters. The topological polar surface area (TPSA) is 95.2 Å². The first-order valence-corrected chi connectivity index (χ1v) is 9.64. The van der Waals surface area contributed by atoms with Crippen LogP contribution >= 0.6 is 0 Å². The molecule has 0 saturated heterocycles. The SMILES string of the molecule is CC(C)Nc1c(-c2cn(CC3CC3)nn2)c[nH]c2c3ccc(C#N)cc3nc1-2.